The fourth-order valence-corrected chi connectivity index (χ4v) is 2.19. The van der Waals surface area contributed by atoms with Gasteiger partial charge in [0.2, 0.25) is 0 Å². The molecular weight excluding hydrogens is 190 g/mol. The van der Waals surface area contributed by atoms with Gasteiger partial charge in [-0.3, -0.25) is 0 Å². The first-order valence-corrected chi connectivity index (χ1v) is 5.76. The Morgan fingerprint density at radius 3 is 3.20 bits per heavy atom. The molecule has 1 aliphatic heterocycles. The molecule has 1 saturated heterocycles. The zero-order chi connectivity index (χ0) is 10.5. The smallest absolute Gasteiger partial charge is 0.0960 e. The predicted octanol–water partition coefficient (Wildman–Crippen LogP) is 2.36. The standard InChI is InChI=1S/C12H19NO2/c1-2-13-8-10-4-3-6-15-12(10)11-5-7-14-9-11/h5,7,9-10,12-13H,2-4,6,8H2,1H3. The van der Waals surface area contributed by atoms with E-state index in [0.29, 0.717) is 5.92 Å². The molecule has 0 spiro atoms. The van der Waals surface area contributed by atoms with Crippen molar-refractivity contribution in [1.29, 1.82) is 0 Å². The third-order valence-electron chi connectivity index (χ3n) is 2.97. The van der Waals surface area contributed by atoms with Gasteiger partial charge in [0.15, 0.2) is 0 Å². The predicted molar refractivity (Wildman–Crippen MR) is 58.7 cm³/mol. The molecular formula is C12H19NO2. The van der Waals surface area contributed by atoms with E-state index in [4.69, 9.17) is 9.15 Å². The van der Waals surface area contributed by atoms with Gasteiger partial charge in [-0.1, -0.05) is 6.92 Å². The van der Waals surface area contributed by atoms with Gasteiger partial charge in [0, 0.05) is 24.6 Å². The van der Waals surface area contributed by atoms with E-state index in [0.717, 1.165) is 19.7 Å². The first-order chi connectivity index (χ1) is 7.42. The maximum absolute atomic E-state index is 5.83. The molecule has 1 aromatic heterocycles. The average molecular weight is 209 g/mol. The lowest BCUT2D eigenvalue weighted by atomic mass is 9.90. The summed E-state index contributed by atoms with van der Waals surface area (Å²) in [6.07, 6.45) is 6.15. The minimum Gasteiger partial charge on any atom is -0.472 e. The molecule has 0 amide bonds. The van der Waals surface area contributed by atoms with Crippen molar-refractivity contribution in [3.05, 3.63) is 24.2 Å². The van der Waals surface area contributed by atoms with Crippen molar-refractivity contribution < 1.29 is 9.15 Å². The van der Waals surface area contributed by atoms with E-state index in [2.05, 4.69) is 12.2 Å². The fourth-order valence-electron chi connectivity index (χ4n) is 2.19. The summed E-state index contributed by atoms with van der Waals surface area (Å²) in [5, 5.41) is 3.40. The van der Waals surface area contributed by atoms with Gasteiger partial charge >= 0.3 is 0 Å². The molecule has 2 atom stereocenters. The third kappa shape index (κ3) is 2.61. The number of rotatable bonds is 4. The van der Waals surface area contributed by atoms with E-state index in [1.165, 1.54) is 18.4 Å². The molecule has 2 rings (SSSR count). The number of ether oxygens (including phenoxy) is 1. The zero-order valence-corrected chi connectivity index (χ0v) is 9.24. The van der Waals surface area contributed by atoms with Crippen LogP contribution in [0.15, 0.2) is 23.0 Å². The molecule has 3 nitrogen and oxygen atoms in total. The minimum atomic E-state index is 0.219. The molecule has 3 heteroatoms. The molecule has 2 unspecified atom stereocenters. The first kappa shape index (κ1) is 10.7. The van der Waals surface area contributed by atoms with Crippen molar-refractivity contribution in [3.8, 4) is 0 Å². The van der Waals surface area contributed by atoms with Crippen LogP contribution in [0.2, 0.25) is 0 Å². The van der Waals surface area contributed by atoms with Gasteiger partial charge in [-0.25, -0.2) is 0 Å². The Labute approximate surface area is 90.8 Å². The Morgan fingerprint density at radius 2 is 2.47 bits per heavy atom. The van der Waals surface area contributed by atoms with Gasteiger partial charge in [0.05, 0.1) is 18.6 Å². The fraction of sp³-hybridized carbons (Fsp3) is 0.667. The van der Waals surface area contributed by atoms with Gasteiger partial charge in [-0.15, -0.1) is 0 Å². The Morgan fingerprint density at radius 1 is 1.53 bits per heavy atom. The molecule has 0 saturated carbocycles. The third-order valence-corrected chi connectivity index (χ3v) is 2.97. The van der Waals surface area contributed by atoms with E-state index < -0.39 is 0 Å². The van der Waals surface area contributed by atoms with E-state index in [1.54, 1.807) is 12.5 Å². The molecule has 0 aliphatic carbocycles. The Hall–Kier alpha value is -0.800. The lowest BCUT2D eigenvalue weighted by Gasteiger charge is -2.31. The van der Waals surface area contributed by atoms with Crippen LogP contribution in [-0.2, 0) is 4.74 Å². The Kier molecular flexibility index (Phi) is 3.80. The van der Waals surface area contributed by atoms with Gasteiger partial charge < -0.3 is 14.5 Å². The van der Waals surface area contributed by atoms with Crippen molar-refractivity contribution in [2.75, 3.05) is 19.7 Å². The largest absolute Gasteiger partial charge is 0.472 e. The highest BCUT2D eigenvalue weighted by atomic mass is 16.5. The summed E-state index contributed by atoms with van der Waals surface area (Å²) in [6, 6.07) is 2.01. The molecule has 0 aromatic carbocycles. The lowest BCUT2D eigenvalue weighted by Crippen LogP contribution is -2.31. The minimum absolute atomic E-state index is 0.219. The monoisotopic (exact) mass is 209 g/mol. The molecule has 1 aromatic rings. The molecule has 1 fully saturated rings. The van der Waals surface area contributed by atoms with Crippen molar-refractivity contribution in [3.63, 3.8) is 0 Å². The second-order valence-corrected chi connectivity index (χ2v) is 4.06. The summed E-state index contributed by atoms with van der Waals surface area (Å²) >= 11 is 0. The van der Waals surface area contributed by atoms with Crippen molar-refractivity contribution >= 4 is 0 Å². The maximum atomic E-state index is 5.83. The van der Waals surface area contributed by atoms with Crippen molar-refractivity contribution in [1.82, 2.24) is 5.32 Å². The summed E-state index contributed by atoms with van der Waals surface area (Å²) < 4.78 is 11.0. The zero-order valence-electron chi connectivity index (χ0n) is 9.24. The molecule has 2 heterocycles. The normalized spacial score (nSPS) is 26.7. The van der Waals surface area contributed by atoms with E-state index in [-0.39, 0.29) is 6.10 Å². The molecule has 1 N–H and O–H groups in total. The summed E-state index contributed by atoms with van der Waals surface area (Å²) in [5.41, 5.74) is 1.18. The van der Waals surface area contributed by atoms with Gasteiger partial charge in [-0.05, 0) is 25.5 Å². The van der Waals surface area contributed by atoms with Gasteiger partial charge in [0.1, 0.15) is 0 Å². The van der Waals surface area contributed by atoms with Crippen molar-refractivity contribution in [2.24, 2.45) is 5.92 Å². The average Bonchev–Trinajstić information content (AvgIpc) is 2.80. The quantitative estimate of drug-likeness (QED) is 0.826. The molecule has 0 bridgehead atoms. The SMILES string of the molecule is CCNCC1CCCOC1c1ccoc1. The van der Waals surface area contributed by atoms with Crippen LogP contribution in [0.5, 0.6) is 0 Å². The molecule has 1 aliphatic rings. The highest BCUT2D eigenvalue weighted by Crippen LogP contribution is 2.33. The number of hydrogen-bond donors (Lipinski definition) is 1. The number of nitrogens with one attached hydrogen (secondary N) is 1. The molecule has 15 heavy (non-hydrogen) atoms. The highest BCUT2D eigenvalue weighted by Gasteiger charge is 2.27. The van der Waals surface area contributed by atoms with Crippen LogP contribution in [0.4, 0.5) is 0 Å². The topological polar surface area (TPSA) is 34.4 Å². The van der Waals surface area contributed by atoms with Crippen LogP contribution < -0.4 is 5.32 Å². The second-order valence-electron chi connectivity index (χ2n) is 4.06. The summed E-state index contributed by atoms with van der Waals surface area (Å²) in [6.45, 7) is 5.07. The maximum Gasteiger partial charge on any atom is 0.0960 e. The van der Waals surface area contributed by atoms with Crippen LogP contribution in [-0.4, -0.2) is 19.7 Å². The van der Waals surface area contributed by atoms with Crippen LogP contribution in [0.1, 0.15) is 31.4 Å². The number of hydrogen-bond acceptors (Lipinski definition) is 3. The van der Waals surface area contributed by atoms with Crippen LogP contribution in [0, 0.1) is 5.92 Å². The molecule has 84 valence electrons. The Bertz CT molecular complexity index is 271. The van der Waals surface area contributed by atoms with Gasteiger partial charge in [-0.2, -0.15) is 0 Å². The van der Waals surface area contributed by atoms with E-state index >= 15 is 0 Å². The van der Waals surface area contributed by atoms with E-state index in [1.807, 2.05) is 6.07 Å². The second kappa shape index (κ2) is 5.33. The van der Waals surface area contributed by atoms with Crippen LogP contribution in [0.3, 0.4) is 0 Å². The Balaban J connectivity index is 1.99. The lowest BCUT2D eigenvalue weighted by molar-refractivity contribution is -0.0279. The first-order valence-electron chi connectivity index (χ1n) is 5.76. The summed E-state index contributed by atoms with van der Waals surface area (Å²) in [5.74, 6) is 0.580. The molecule has 0 radical (unpaired) electrons. The van der Waals surface area contributed by atoms with Crippen LogP contribution >= 0.6 is 0 Å². The number of furan rings is 1. The van der Waals surface area contributed by atoms with Gasteiger partial charge in [0.25, 0.3) is 0 Å². The van der Waals surface area contributed by atoms with E-state index in [9.17, 15) is 0 Å². The summed E-state index contributed by atoms with van der Waals surface area (Å²) in [4.78, 5) is 0. The van der Waals surface area contributed by atoms with Crippen molar-refractivity contribution in [2.45, 2.75) is 25.9 Å². The van der Waals surface area contributed by atoms with Crippen LogP contribution in [0.25, 0.3) is 0 Å². The highest BCUT2D eigenvalue weighted by molar-refractivity contribution is 5.11. The summed E-state index contributed by atoms with van der Waals surface area (Å²) in [7, 11) is 0.